The Morgan fingerprint density at radius 1 is 0.941 bits per heavy atom. The molecular formula is C24H46O8Si2. The average molecular weight is 519 g/mol. The standard InChI is InChI=1S/C24H46O8Si2/c1-21(26)24(3,28)20-31-15-11-17-34(29-4,16-10-14-30-19-23(2,27)18-25)32-33(5,6)22-12-8-7-9-13-22/h7-9,12-13,21,25-28H,10-11,14-20H2,1-6H3. The van der Waals surface area contributed by atoms with Crippen molar-refractivity contribution in [1.29, 1.82) is 0 Å². The monoisotopic (exact) mass is 518 g/mol. The van der Waals surface area contributed by atoms with Crippen molar-refractivity contribution in [2.24, 2.45) is 0 Å². The highest BCUT2D eigenvalue weighted by Gasteiger charge is 2.42. The Bertz CT molecular complexity index is 685. The van der Waals surface area contributed by atoms with Gasteiger partial charge in [-0.25, -0.2) is 0 Å². The quantitative estimate of drug-likeness (QED) is 0.172. The lowest BCUT2D eigenvalue weighted by atomic mass is 10.0. The Labute approximate surface area is 207 Å². The molecule has 4 unspecified atom stereocenters. The summed E-state index contributed by atoms with van der Waals surface area (Å²) in [6.45, 7) is 9.59. The van der Waals surface area contributed by atoms with Crippen LogP contribution in [0.1, 0.15) is 33.6 Å². The minimum absolute atomic E-state index is 0.0515. The minimum atomic E-state index is -2.63. The predicted molar refractivity (Wildman–Crippen MR) is 138 cm³/mol. The third kappa shape index (κ3) is 10.9. The van der Waals surface area contributed by atoms with Gasteiger partial charge >= 0.3 is 8.56 Å². The molecular weight excluding hydrogens is 472 g/mol. The second-order valence-electron chi connectivity index (χ2n) is 10.1. The van der Waals surface area contributed by atoms with Crippen LogP contribution in [-0.2, 0) is 18.0 Å². The molecule has 0 saturated carbocycles. The highest BCUT2D eigenvalue weighted by Crippen LogP contribution is 2.27. The Morgan fingerprint density at radius 3 is 1.94 bits per heavy atom. The first-order valence-corrected chi connectivity index (χ1v) is 17.1. The van der Waals surface area contributed by atoms with Gasteiger partial charge in [-0.2, -0.15) is 0 Å². The maximum Gasteiger partial charge on any atom is 0.328 e. The van der Waals surface area contributed by atoms with Crippen LogP contribution in [0.25, 0.3) is 0 Å². The zero-order chi connectivity index (χ0) is 25.9. The first-order chi connectivity index (χ1) is 15.8. The molecule has 0 saturated heterocycles. The van der Waals surface area contributed by atoms with E-state index in [0.717, 1.165) is 12.1 Å². The fourth-order valence-corrected chi connectivity index (χ4v) is 11.8. The fourth-order valence-electron chi connectivity index (χ4n) is 3.46. The first-order valence-electron chi connectivity index (χ1n) is 12.0. The summed E-state index contributed by atoms with van der Waals surface area (Å²) in [6.07, 6.45) is 0.529. The number of rotatable bonds is 18. The van der Waals surface area contributed by atoms with Gasteiger partial charge in [0.2, 0.25) is 8.32 Å². The van der Waals surface area contributed by atoms with E-state index in [1.54, 1.807) is 21.0 Å². The van der Waals surface area contributed by atoms with Crippen LogP contribution >= 0.6 is 0 Å². The molecule has 1 aromatic carbocycles. The summed E-state index contributed by atoms with van der Waals surface area (Å²) >= 11 is 0. The number of hydrogen-bond acceptors (Lipinski definition) is 8. The third-order valence-corrected chi connectivity index (χ3v) is 14.3. The van der Waals surface area contributed by atoms with Gasteiger partial charge in [0, 0.05) is 20.3 Å². The van der Waals surface area contributed by atoms with Gasteiger partial charge in [0.05, 0.1) is 25.9 Å². The summed E-state index contributed by atoms with van der Waals surface area (Å²) in [5.74, 6) is 0. The summed E-state index contributed by atoms with van der Waals surface area (Å²) in [6, 6.07) is 11.7. The lowest BCUT2D eigenvalue weighted by Crippen LogP contribution is -2.56. The molecule has 0 amide bonds. The van der Waals surface area contributed by atoms with E-state index in [2.05, 4.69) is 25.2 Å². The Hall–Kier alpha value is -0.666. The summed E-state index contributed by atoms with van der Waals surface area (Å²) < 4.78 is 24.2. The van der Waals surface area contributed by atoms with Gasteiger partial charge in [0.1, 0.15) is 11.2 Å². The molecule has 1 rings (SSSR count). The molecule has 10 heteroatoms. The molecule has 8 nitrogen and oxygen atoms in total. The van der Waals surface area contributed by atoms with Crippen LogP contribution in [0, 0.1) is 0 Å². The van der Waals surface area contributed by atoms with Crippen LogP contribution < -0.4 is 5.19 Å². The molecule has 0 aliphatic heterocycles. The van der Waals surface area contributed by atoms with Crippen molar-refractivity contribution in [2.75, 3.05) is 40.1 Å². The molecule has 0 fully saturated rings. The highest BCUT2D eigenvalue weighted by molar-refractivity contribution is 6.91. The summed E-state index contributed by atoms with van der Waals surface area (Å²) in [4.78, 5) is 0. The number of ether oxygens (including phenoxy) is 2. The Balaban J connectivity index is 2.79. The molecule has 0 heterocycles. The van der Waals surface area contributed by atoms with Crippen LogP contribution in [-0.4, -0.2) is 94.8 Å². The third-order valence-electron chi connectivity index (χ3n) is 6.02. The summed E-state index contributed by atoms with van der Waals surface area (Å²) in [7, 11) is -3.17. The largest absolute Gasteiger partial charge is 0.432 e. The lowest BCUT2D eigenvalue weighted by Gasteiger charge is -2.37. The van der Waals surface area contributed by atoms with Gasteiger partial charge in [0.15, 0.2) is 0 Å². The van der Waals surface area contributed by atoms with Gasteiger partial charge in [-0.05, 0) is 64.0 Å². The van der Waals surface area contributed by atoms with Gasteiger partial charge in [-0.1, -0.05) is 30.3 Å². The molecule has 0 aromatic heterocycles. The predicted octanol–water partition coefficient (Wildman–Crippen LogP) is 1.89. The van der Waals surface area contributed by atoms with Crippen molar-refractivity contribution in [3.8, 4) is 0 Å². The van der Waals surface area contributed by atoms with Crippen LogP contribution in [0.4, 0.5) is 0 Å². The Morgan fingerprint density at radius 2 is 1.47 bits per heavy atom. The van der Waals surface area contributed by atoms with E-state index in [4.69, 9.17) is 18.0 Å². The van der Waals surface area contributed by atoms with Crippen molar-refractivity contribution in [3.05, 3.63) is 30.3 Å². The normalized spacial score (nSPS) is 18.6. The molecule has 0 aliphatic carbocycles. The SMILES string of the molecule is CO[Si](CCCOCC(C)(O)CO)(CCCOCC(C)(O)C(C)O)O[Si](C)(C)c1ccccc1. The molecule has 1 aromatic rings. The van der Waals surface area contributed by atoms with E-state index in [-0.39, 0.29) is 19.8 Å². The van der Waals surface area contributed by atoms with Crippen molar-refractivity contribution in [2.45, 2.75) is 76.1 Å². The van der Waals surface area contributed by atoms with E-state index in [1.165, 1.54) is 12.1 Å². The van der Waals surface area contributed by atoms with Crippen LogP contribution in [0.15, 0.2) is 30.3 Å². The fraction of sp³-hybridized carbons (Fsp3) is 0.750. The minimum Gasteiger partial charge on any atom is -0.432 e. The van der Waals surface area contributed by atoms with Gasteiger partial charge in [-0.3, -0.25) is 0 Å². The van der Waals surface area contributed by atoms with Crippen LogP contribution in [0.3, 0.4) is 0 Å². The van der Waals surface area contributed by atoms with Crippen molar-refractivity contribution < 1.29 is 38.4 Å². The second kappa shape index (κ2) is 14.2. The lowest BCUT2D eigenvalue weighted by molar-refractivity contribution is -0.102. The van der Waals surface area contributed by atoms with Gasteiger partial charge in [-0.15, -0.1) is 0 Å². The molecule has 0 radical (unpaired) electrons. The maximum atomic E-state index is 10.2. The molecule has 0 aliphatic rings. The van der Waals surface area contributed by atoms with Gasteiger partial charge < -0.3 is 38.4 Å². The van der Waals surface area contributed by atoms with Crippen molar-refractivity contribution in [3.63, 3.8) is 0 Å². The van der Waals surface area contributed by atoms with Crippen LogP contribution in [0.2, 0.25) is 25.2 Å². The second-order valence-corrected chi connectivity index (χ2v) is 17.7. The van der Waals surface area contributed by atoms with E-state index in [0.29, 0.717) is 26.1 Å². The zero-order valence-electron chi connectivity index (χ0n) is 21.7. The van der Waals surface area contributed by atoms with E-state index in [9.17, 15) is 20.4 Å². The molecule has 4 atom stereocenters. The summed E-state index contributed by atoms with van der Waals surface area (Å²) in [5, 5.41) is 40.1. The van der Waals surface area contributed by atoms with Crippen molar-refractivity contribution >= 4 is 22.1 Å². The smallest absolute Gasteiger partial charge is 0.328 e. The zero-order valence-corrected chi connectivity index (χ0v) is 23.7. The molecule has 34 heavy (non-hydrogen) atoms. The number of aliphatic hydroxyl groups excluding tert-OH is 2. The van der Waals surface area contributed by atoms with Gasteiger partial charge in [0.25, 0.3) is 0 Å². The van der Waals surface area contributed by atoms with E-state index < -0.39 is 34.2 Å². The number of aliphatic hydroxyl groups is 4. The van der Waals surface area contributed by atoms with E-state index in [1.807, 2.05) is 18.2 Å². The van der Waals surface area contributed by atoms with Crippen LogP contribution in [0.5, 0.6) is 0 Å². The highest BCUT2D eigenvalue weighted by atomic mass is 28.4. The topological polar surface area (TPSA) is 118 Å². The molecule has 0 bridgehead atoms. The van der Waals surface area contributed by atoms with E-state index >= 15 is 0 Å². The molecule has 0 spiro atoms. The molecule has 4 N–H and O–H groups in total. The average Bonchev–Trinajstić information content (AvgIpc) is 2.78. The van der Waals surface area contributed by atoms with Crippen molar-refractivity contribution in [1.82, 2.24) is 0 Å². The Kier molecular flexibility index (Phi) is 13.1. The number of hydrogen-bond donors (Lipinski definition) is 4. The number of benzene rings is 1. The molecule has 198 valence electrons. The first kappa shape index (κ1) is 31.4. The maximum absolute atomic E-state index is 10.2. The summed E-state index contributed by atoms with van der Waals surface area (Å²) in [5.41, 5.74) is -2.54.